The molecule has 2 fully saturated rings. The highest BCUT2D eigenvalue weighted by atomic mass is 32.2. The van der Waals surface area contributed by atoms with Crippen LogP contribution in [0.4, 0.5) is 11.8 Å². The maximum Gasteiger partial charge on any atom is 0.227 e. The lowest BCUT2D eigenvalue weighted by molar-refractivity contribution is 0.384. The first-order valence-electron chi connectivity index (χ1n) is 8.83. The van der Waals surface area contributed by atoms with E-state index in [0.29, 0.717) is 26.2 Å². The molecule has 24 heavy (non-hydrogen) atoms. The lowest BCUT2D eigenvalue weighted by Crippen LogP contribution is -2.49. The van der Waals surface area contributed by atoms with Crippen molar-refractivity contribution < 1.29 is 8.42 Å². The second-order valence-corrected chi connectivity index (χ2v) is 8.76. The number of aromatic nitrogens is 2. The Morgan fingerprint density at radius 3 is 2.25 bits per heavy atom. The van der Waals surface area contributed by atoms with Gasteiger partial charge in [0.25, 0.3) is 0 Å². The Morgan fingerprint density at radius 1 is 0.958 bits per heavy atom. The molecule has 3 heterocycles. The fraction of sp³-hybridized carbons (Fsp3) is 0.750. The largest absolute Gasteiger partial charge is 0.354 e. The molecule has 0 radical (unpaired) electrons. The van der Waals surface area contributed by atoms with Gasteiger partial charge in [0.2, 0.25) is 16.0 Å². The maximum absolute atomic E-state index is 12.0. The van der Waals surface area contributed by atoms with Gasteiger partial charge >= 0.3 is 0 Å². The molecule has 7 nitrogen and oxygen atoms in total. The van der Waals surface area contributed by atoms with Crippen LogP contribution in [0.15, 0.2) is 6.07 Å². The van der Waals surface area contributed by atoms with Crippen molar-refractivity contribution in [2.75, 3.05) is 54.8 Å². The molecular formula is C16H27N5O2S. The predicted molar refractivity (Wildman–Crippen MR) is 96.1 cm³/mol. The number of rotatable bonds is 4. The molecule has 0 bridgehead atoms. The molecule has 0 unspecified atom stereocenters. The Kier molecular flexibility index (Phi) is 5.24. The number of hydrogen-bond acceptors (Lipinski definition) is 6. The summed E-state index contributed by atoms with van der Waals surface area (Å²) in [6, 6.07) is 2.00. The number of piperazine rings is 1. The minimum atomic E-state index is -3.09. The van der Waals surface area contributed by atoms with Crippen LogP contribution in [0.2, 0.25) is 0 Å². The van der Waals surface area contributed by atoms with Gasteiger partial charge in [0.05, 0.1) is 5.75 Å². The molecule has 0 N–H and O–H groups in total. The van der Waals surface area contributed by atoms with Crippen LogP contribution >= 0.6 is 0 Å². The summed E-state index contributed by atoms with van der Waals surface area (Å²) in [6.45, 7) is 8.13. The minimum absolute atomic E-state index is 0.165. The summed E-state index contributed by atoms with van der Waals surface area (Å²) in [4.78, 5) is 13.8. The van der Waals surface area contributed by atoms with Crippen LogP contribution in [0.5, 0.6) is 0 Å². The second-order valence-electron chi connectivity index (χ2n) is 6.50. The molecule has 2 aliphatic heterocycles. The van der Waals surface area contributed by atoms with Gasteiger partial charge in [-0.25, -0.2) is 13.4 Å². The molecule has 0 aliphatic carbocycles. The van der Waals surface area contributed by atoms with Crippen molar-refractivity contribution in [2.24, 2.45) is 0 Å². The summed E-state index contributed by atoms with van der Waals surface area (Å²) >= 11 is 0. The zero-order valence-corrected chi connectivity index (χ0v) is 15.4. The van der Waals surface area contributed by atoms with Gasteiger partial charge in [-0.3, -0.25) is 0 Å². The first-order valence-corrected chi connectivity index (χ1v) is 10.4. The van der Waals surface area contributed by atoms with E-state index in [1.54, 1.807) is 11.2 Å². The maximum atomic E-state index is 12.0. The highest BCUT2D eigenvalue weighted by Gasteiger charge is 2.26. The van der Waals surface area contributed by atoms with Crippen LogP contribution in [0.1, 0.15) is 31.9 Å². The van der Waals surface area contributed by atoms with E-state index in [9.17, 15) is 8.42 Å². The number of hydrogen-bond donors (Lipinski definition) is 0. The van der Waals surface area contributed by atoms with Crippen molar-refractivity contribution in [1.29, 1.82) is 0 Å². The van der Waals surface area contributed by atoms with Crippen molar-refractivity contribution in [3.63, 3.8) is 0 Å². The monoisotopic (exact) mass is 353 g/mol. The van der Waals surface area contributed by atoms with Crippen LogP contribution in [0.25, 0.3) is 0 Å². The Hall–Kier alpha value is -1.41. The van der Waals surface area contributed by atoms with E-state index in [1.807, 2.05) is 13.0 Å². The van der Waals surface area contributed by atoms with E-state index in [0.717, 1.165) is 30.5 Å². The SMILES string of the molecule is CCS(=O)(=O)N1CCN(c2cc(C)nc(N3CCCCC3)n2)CC1. The second kappa shape index (κ2) is 7.23. The van der Waals surface area contributed by atoms with E-state index in [1.165, 1.54) is 19.3 Å². The molecule has 2 saturated heterocycles. The molecule has 1 aromatic heterocycles. The average Bonchev–Trinajstić information content (AvgIpc) is 2.62. The van der Waals surface area contributed by atoms with E-state index < -0.39 is 10.0 Å². The Labute approximate surface area is 144 Å². The lowest BCUT2D eigenvalue weighted by Gasteiger charge is -2.35. The number of aryl methyl sites for hydroxylation is 1. The minimum Gasteiger partial charge on any atom is -0.354 e. The first kappa shape index (κ1) is 17.4. The molecule has 0 aromatic carbocycles. The molecule has 134 valence electrons. The van der Waals surface area contributed by atoms with E-state index in [4.69, 9.17) is 4.98 Å². The van der Waals surface area contributed by atoms with Crippen LogP contribution in [-0.4, -0.2) is 67.7 Å². The molecule has 1 aromatic rings. The zero-order valence-electron chi connectivity index (χ0n) is 14.6. The fourth-order valence-corrected chi connectivity index (χ4v) is 4.40. The van der Waals surface area contributed by atoms with Gasteiger partial charge in [0.1, 0.15) is 5.82 Å². The average molecular weight is 353 g/mol. The zero-order chi connectivity index (χ0) is 17.2. The first-order chi connectivity index (χ1) is 11.5. The van der Waals surface area contributed by atoms with Crippen LogP contribution in [0.3, 0.4) is 0 Å². The molecule has 0 amide bonds. The summed E-state index contributed by atoms with van der Waals surface area (Å²) in [5.74, 6) is 1.89. The van der Waals surface area contributed by atoms with Crippen LogP contribution < -0.4 is 9.80 Å². The normalized spacial score (nSPS) is 20.4. The Morgan fingerprint density at radius 2 is 1.62 bits per heavy atom. The lowest BCUT2D eigenvalue weighted by atomic mass is 10.1. The Balaban J connectivity index is 1.72. The molecule has 8 heteroatoms. The standard InChI is InChI=1S/C16H27N5O2S/c1-3-24(22,23)21-11-9-19(10-12-21)15-13-14(2)17-16(18-15)20-7-5-4-6-8-20/h13H,3-12H2,1-2H3. The van der Waals surface area contributed by atoms with Crippen molar-refractivity contribution in [1.82, 2.24) is 14.3 Å². The Bertz CT molecular complexity index is 665. The van der Waals surface area contributed by atoms with Gasteiger partial charge < -0.3 is 9.80 Å². The van der Waals surface area contributed by atoms with Gasteiger partial charge in [-0.2, -0.15) is 9.29 Å². The summed E-state index contributed by atoms with van der Waals surface area (Å²) in [7, 11) is -3.09. The number of sulfonamides is 1. The highest BCUT2D eigenvalue weighted by Crippen LogP contribution is 2.22. The molecule has 0 atom stereocenters. The van der Waals surface area contributed by atoms with Crippen molar-refractivity contribution in [2.45, 2.75) is 33.1 Å². The summed E-state index contributed by atoms with van der Waals surface area (Å²) < 4.78 is 25.6. The smallest absolute Gasteiger partial charge is 0.227 e. The highest BCUT2D eigenvalue weighted by molar-refractivity contribution is 7.89. The quantitative estimate of drug-likeness (QED) is 0.811. The number of nitrogens with zero attached hydrogens (tertiary/aromatic N) is 5. The number of anilines is 2. The molecule has 2 aliphatic rings. The molecule has 3 rings (SSSR count). The fourth-order valence-electron chi connectivity index (χ4n) is 3.31. The van der Waals surface area contributed by atoms with E-state index in [-0.39, 0.29) is 5.75 Å². The van der Waals surface area contributed by atoms with Gasteiger partial charge in [0, 0.05) is 51.0 Å². The third kappa shape index (κ3) is 3.80. The molecule has 0 saturated carbocycles. The molecule has 0 spiro atoms. The third-order valence-electron chi connectivity index (χ3n) is 4.79. The van der Waals surface area contributed by atoms with Gasteiger partial charge in [-0.1, -0.05) is 0 Å². The van der Waals surface area contributed by atoms with E-state index in [2.05, 4.69) is 14.8 Å². The number of piperidine rings is 1. The van der Waals surface area contributed by atoms with Crippen LogP contribution in [-0.2, 0) is 10.0 Å². The van der Waals surface area contributed by atoms with Crippen molar-refractivity contribution >= 4 is 21.8 Å². The summed E-state index contributed by atoms with van der Waals surface area (Å²) in [5.41, 5.74) is 0.962. The van der Waals surface area contributed by atoms with Gasteiger partial charge in [-0.15, -0.1) is 0 Å². The topological polar surface area (TPSA) is 69.6 Å². The van der Waals surface area contributed by atoms with Crippen molar-refractivity contribution in [3.05, 3.63) is 11.8 Å². The summed E-state index contributed by atoms with van der Waals surface area (Å²) in [6.07, 6.45) is 3.67. The summed E-state index contributed by atoms with van der Waals surface area (Å²) in [5, 5.41) is 0. The third-order valence-corrected chi connectivity index (χ3v) is 6.67. The van der Waals surface area contributed by atoms with Gasteiger partial charge in [-0.05, 0) is 33.1 Å². The van der Waals surface area contributed by atoms with E-state index >= 15 is 0 Å². The van der Waals surface area contributed by atoms with Crippen molar-refractivity contribution in [3.8, 4) is 0 Å². The van der Waals surface area contributed by atoms with Crippen LogP contribution in [0, 0.1) is 6.92 Å². The van der Waals surface area contributed by atoms with Gasteiger partial charge in [0.15, 0.2) is 0 Å². The molecular weight excluding hydrogens is 326 g/mol. The predicted octanol–water partition coefficient (Wildman–Crippen LogP) is 1.25.